The Bertz CT molecular complexity index is 1550. The highest BCUT2D eigenvalue weighted by atomic mass is 16.5. The second-order valence-corrected chi connectivity index (χ2v) is 11.0. The van der Waals surface area contributed by atoms with Crippen LogP contribution in [0.15, 0.2) is 36.5 Å². The van der Waals surface area contributed by atoms with Crippen molar-refractivity contribution in [2.24, 2.45) is 18.9 Å². The second kappa shape index (κ2) is 9.68. The summed E-state index contributed by atoms with van der Waals surface area (Å²) in [5, 5.41) is 11.1. The molecule has 1 aromatic carbocycles. The normalized spacial score (nSPS) is 20.2. The summed E-state index contributed by atoms with van der Waals surface area (Å²) in [5.41, 5.74) is 5.63. The molecule has 2 aliphatic heterocycles. The number of imidazole rings is 1. The molecule has 10 nitrogen and oxygen atoms in total. The number of fused-ring (bicyclic) bond motifs is 7. The van der Waals surface area contributed by atoms with Crippen LogP contribution >= 0.6 is 0 Å². The van der Waals surface area contributed by atoms with Gasteiger partial charge in [0, 0.05) is 30.5 Å². The van der Waals surface area contributed by atoms with E-state index in [4.69, 9.17) is 19.4 Å². The van der Waals surface area contributed by atoms with Gasteiger partial charge in [-0.3, -0.25) is 15.1 Å². The maximum atomic E-state index is 13.6. The second-order valence-electron chi connectivity index (χ2n) is 11.0. The molecule has 0 unspecified atom stereocenters. The quantitative estimate of drug-likeness (QED) is 0.407. The summed E-state index contributed by atoms with van der Waals surface area (Å²) in [6.07, 6.45) is 6.27. The summed E-state index contributed by atoms with van der Waals surface area (Å²) in [6, 6.07) is 10.1. The van der Waals surface area contributed by atoms with E-state index < -0.39 is 0 Å². The number of rotatable bonds is 3. The lowest BCUT2D eigenvalue weighted by Gasteiger charge is -2.27. The van der Waals surface area contributed by atoms with Gasteiger partial charge in [0.15, 0.2) is 0 Å². The van der Waals surface area contributed by atoms with E-state index in [0.29, 0.717) is 47.6 Å². The van der Waals surface area contributed by atoms with E-state index in [-0.39, 0.29) is 5.91 Å². The monoisotopic (exact) mass is 527 g/mol. The Hall–Kier alpha value is -3.92. The van der Waals surface area contributed by atoms with Gasteiger partial charge in [-0.15, -0.1) is 0 Å². The number of carbonyl (C=O) groups is 1. The van der Waals surface area contributed by atoms with Crippen molar-refractivity contribution in [1.82, 2.24) is 24.3 Å². The van der Waals surface area contributed by atoms with Crippen LogP contribution in [-0.2, 0) is 18.3 Å². The minimum Gasteiger partial charge on any atom is -0.477 e. The Morgan fingerprint density at radius 2 is 1.92 bits per heavy atom. The van der Waals surface area contributed by atoms with Crippen LogP contribution in [0.2, 0.25) is 0 Å². The van der Waals surface area contributed by atoms with E-state index in [1.54, 1.807) is 23.0 Å². The number of aryl methyl sites for hydroxylation is 3. The van der Waals surface area contributed by atoms with Crippen LogP contribution in [-0.4, -0.2) is 56.1 Å². The lowest BCUT2D eigenvalue weighted by Crippen LogP contribution is -2.40. The van der Waals surface area contributed by atoms with Gasteiger partial charge in [-0.1, -0.05) is 0 Å². The Balaban J connectivity index is 1.29. The number of hydrogen-bond acceptors (Lipinski definition) is 7. The SMILES string of the molecule is Cc1cc2cc(n1)-c1cnn(C)c1OC[C@H](C1CC1)CCCn1c(nc3ccc(NC4COC4)cc31)NC2=O. The molecule has 3 aromatic heterocycles. The molecule has 2 fully saturated rings. The first kappa shape index (κ1) is 24.1. The van der Waals surface area contributed by atoms with Crippen LogP contribution in [0, 0.1) is 18.8 Å². The summed E-state index contributed by atoms with van der Waals surface area (Å²) in [4.78, 5) is 23.1. The highest BCUT2D eigenvalue weighted by Crippen LogP contribution is 2.40. The third kappa shape index (κ3) is 4.73. The molecule has 1 saturated heterocycles. The third-order valence-corrected chi connectivity index (χ3v) is 8.04. The number of hydrogen-bond donors (Lipinski definition) is 2. The number of nitrogens with one attached hydrogen (secondary N) is 2. The van der Waals surface area contributed by atoms with Crippen LogP contribution in [0.1, 0.15) is 41.7 Å². The van der Waals surface area contributed by atoms with E-state index in [0.717, 1.165) is 60.6 Å². The van der Waals surface area contributed by atoms with Gasteiger partial charge in [0.1, 0.15) is 0 Å². The summed E-state index contributed by atoms with van der Waals surface area (Å²) < 4.78 is 15.7. The van der Waals surface area contributed by atoms with E-state index in [9.17, 15) is 4.79 Å². The molecule has 0 radical (unpaired) electrons. The van der Waals surface area contributed by atoms with E-state index in [2.05, 4.69) is 26.4 Å². The smallest absolute Gasteiger partial charge is 0.258 e. The number of pyridine rings is 1. The first-order valence-electron chi connectivity index (χ1n) is 13.8. The number of anilines is 2. The molecule has 1 saturated carbocycles. The molecule has 2 bridgehead atoms. The lowest BCUT2D eigenvalue weighted by atomic mass is 9.98. The molecule has 39 heavy (non-hydrogen) atoms. The van der Waals surface area contributed by atoms with Crippen LogP contribution in [0.5, 0.6) is 5.88 Å². The zero-order valence-corrected chi connectivity index (χ0v) is 22.3. The van der Waals surface area contributed by atoms with Gasteiger partial charge < -0.3 is 19.4 Å². The van der Waals surface area contributed by atoms with Gasteiger partial charge in [-0.05, 0) is 74.8 Å². The topological polar surface area (TPSA) is 108 Å². The molecule has 3 aliphatic rings. The van der Waals surface area contributed by atoms with Gasteiger partial charge >= 0.3 is 0 Å². The highest BCUT2D eigenvalue weighted by molar-refractivity contribution is 6.05. The van der Waals surface area contributed by atoms with Crippen LogP contribution in [0.25, 0.3) is 22.3 Å². The fourth-order valence-corrected chi connectivity index (χ4v) is 5.69. The molecule has 202 valence electrons. The molecule has 2 N–H and O–H groups in total. The molecule has 10 heteroatoms. The fraction of sp³-hybridized carbons (Fsp3) is 0.448. The van der Waals surface area contributed by atoms with Gasteiger partial charge in [0.25, 0.3) is 5.91 Å². The van der Waals surface area contributed by atoms with Crippen molar-refractivity contribution >= 4 is 28.6 Å². The zero-order chi connectivity index (χ0) is 26.5. The molecular formula is C29H33N7O3. The molecule has 7 rings (SSSR count). The molecule has 0 spiro atoms. The average Bonchev–Trinajstić information content (AvgIpc) is 3.60. The van der Waals surface area contributed by atoms with Crippen molar-refractivity contribution in [1.29, 1.82) is 0 Å². The fourth-order valence-electron chi connectivity index (χ4n) is 5.69. The van der Waals surface area contributed by atoms with Crippen LogP contribution in [0.3, 0.4) is 0 Å². The van der Waals surface area contributed by atoms with E-state index in [1.165, 1.54) is 12.8 Å². The van der Waals surface area contributed by atoms with Crippen LogP contribution < -0.4 is 15.4 Å². The maximum absolute atomic E-state index is 13.6. The Morgan fingerprint density at radius 3 is 2.72 bits per heavy atom. The minimum atomic E-state index is -0.222. The molecule has 1 amide bonds. The van der Waals surface area contributed by atoms with Crippen molar-refractivity contribution in [3.05, 3.63) is 47.8 Å². The van der Waals surface area contributed by atoms with Crippen molar-refractivity contribution in [3.8, 4) is 17.1 Å². The molecule has 5 heterocycles. The molecule has 4 aromatic rings. The summed E-state index contributed by atoms with van der Waals surface area (Å²) in [7, 11) is 1.88. The third-order valence-electron chi connectivity index (χ3n) is 8.04. The maximum Gasteiger partial charge on any atom is 0.258 e. The minimum absolute atomic E-state index is 0.222. The summed E-state index contributed by atoms with van der Waals surface area (Å²) in [5.74, 6) is 2.19. The largest absolute Gasteiger partial charge is 0.477 e. The standard InChI is InChI=1S/C29H33N7O3/c1-17-10-20-11-25(31-17)23-13-30-35(2)28(23)39-14-19(18-5-6-18)4-3-9-36-26-12-21(32-22-15-38-16-22)7-8-24(26)33-29(36)34-27(20)37/h7-8,10-13,18-19,22,32H,3-6,9,14-16H2,1-2H3,(H,33,34,37)/t19-/m1/s1. The number of nitrogens with zero attached hydrogens (tertiary/aromatic N) is 5. The van der Waals surface area contributed by atoms with Gasteiger partial charge in [-0.2, -0.15) is 5.10 Å². The predicted molar refractivity (Wildman–Crippen MR) is 148 cm³/mol. The Morgan fingerprint density at radius 1 is 1.05 bits per heavy atom. The number of amides is 1. The van der Waals surface area contributed by atoms with Gasteiger partial charge in [0.05, 0.1) is 54.4 Å². The Kier molecular flexibility index (Phi) is 5.99. The van der Waals surface area contributed by atoms with Crippen molar-refractivity contribution in [2.75, 3.05) is 30.5 Å². The zero-order valence-electron chi connectivity index (χ0n) is 22.3. The Labute approximate surface area is 226 Å². The van der Waals surface area contributed by atoms with Gasteiger partial charge in [-0.25, -0.2) is 9.67 Å². The van der Waals surface area contributed by atoms with E-state index >= 15 is 0 Å². The molecular weight excluding hydrogens is 494 g/mol. The molecule has 1 atom stereocenters. The van der Waals surface area contributed by atoms with E-state index in [1.807, 2.05) is 26.1 Å². The van der Waals surface area contributed by atoms with Crippen molar-refractivity contribution in [2.45, 2.75) is 45.2 Å². The number of ether oxygens (including phenoxy) is 2. The molecule has 1 aliphatic carbocycles. The lowest BCUT2D eigenvalue weighted by molar-refractivity contribution is 0.0211. The number of carbonyl (C=O) groups excluding carboxylic acids is 1. The summed E-state index contributed by atoms with van der Waals surface area (Å²) in [6.45, 7) is 4.73. The van der Waals surface area contributed by atoms with Gasteiger partial charge in [0.2, 0.25) is 11.8 Å². The van der Waals surface area contributed by atoms with Crippen LogP contribution in [0.4, 0.5) is 11.6 Å². The first-order chi connectivity index (χ1) is 19.0. The number of benzene rings is 1. The van der Waals surface area contributed by atoms with Crippen molar-refractivity contribution in [3.63, 3.8) is 0 Å². The average molecular weight is 528 g/mol. The number of aromatic nitrogens is 5. The predicted octanol–water partition coefficient (Wildman–Crippen LogP) is 4.40. The first-order valence-corrected chi connectivity index (χ1v) is 13.8. The van der Waals surface area contributed by atoms with Crippen molar-refractivity contribution < 1.29 is 14.3 Å². The highest BCUT2D eigenvalue weighted by Gasteiger charge is 2.32. The summed E-state index contributed by atoms with van der Waals surface area (Å²) >= 11 is 0.